The molecule has 0 aromatic carbocycles. The van der Waals surface area contributed by atoms with Gasteiger partial charge in [-0.1, -0.05) is 12.8 Å². The highest BCUT2D eigenvalue weighted by molar-refractivity contribution is 7.47. The summed E-state index contributed by atoms with van der Waals surface area (Å²) in [6, 6.07) is 1.61. The monoisotopic (exact) mass is 681 g/mol. The topological polar surface area (TPSA) is 296 Å². The molecule has 3 aromatic rings. The van der Waals surface area contributed by atoms with E-state index in [1.165, 1.54) is 23.4 Å². The van der Waals surface area contributed by atoms with Gasteiger partial charge in [0.1, 0.15) is 48.4 Å². The first kappa shape index (κ1) is 34.6. The molecule has 2 fully saturated rings. The van der Waals surface area contributed by atoms with Crippen molar-refractivity contribution in [2.45, 2.75) is 75.4 Å². The summed E-state index contributed by atoms with van der Waals surface area (Å²) >= 11 is 0. The number of nitrogen functional groups attached to an aromatic ring is 1. The van der Waals surface area contributed by atoms with Crippen LogP contribution in [0, 0.1) is 0 Å². The van der Waals surface area contributed by atoms with Crippen LogP contribution in [-0.4, -0.2) is 101 Å². The molecule has 2 aliphatic heterocycles. The third kappa shape index (κ3) is 8.79. The summed E-state index contributed by atoms with van der Waals surface area (Å²) in [5.41, 5.74) is 16.6. The summed E-state index contributed by atoms with van der Waals surface area (Å²) in [7, 11) is -4.73. The molecule has 5 rings (SSSR count). The molecule has 3 aromatic heterocycles. The van der Waals surface area contributed by atoms with Crippen LogP contribution in [0.3, 0.4) is 0 Å². The summed E-state index contributed by atoms with van der Waals surface area (Å²) in [6.07, 6.45) is 2.20. The van der Waals surface area contributed by atoms with E-state index >= 15 is 0 Å². The number of ether oxygens (including phenoxy) is 2. The number of nitrogens with two attached hydrogens (primary N) is 3. The Bertz CT molecular complexity index is 1640. The summed E-state index contributed by atoms with van der Waals surface area (Å²) in [5, 5.41) is 23.5. The number of rotatable bonds is 16. The van der Waals surface area contributed by atoms with Crippen molar-refractivity contribution in [3.63, 3.8) is 0 Å². The van der Waals surface area contributed by atoms with Gasteiger partial charge in [-0.05, 0) is 18.9 Å². The van der Waals surface area contributed by atoms with Crippen molar-refractivity contribution in [3.8, 4) is 0 Å². The molecule has 0 amide bonds. The number of anilines is 2. The molecule has 0 saturated carbocycles. The average Bonchev–Trinajstić information content (AvgIpc) is 3.74. The summed E-state index contributed by atoms with van der Waals surface area (Å²) in [4.78, 5) is 43.5. The number of guanidine groups is 1. The number of aliphatic imine (C=N–C) groups is 1. The maximum absolute atomic E-state index is 12.9. The number of aliphatic hydroxyl groups excluding tert-OH is 2. The van der Waals surface area contributed by atoms with E-state index in [9.17, 15) is 24.5 Å². The molecular formula is C26H40N11O9P. The predicted octanol–water partition coefficient (Wildman–Crippen LogP) is -0.658. The van der Waals surface area contributed by atoms with Gasteiger partial charge in [0.05, 0.1) is 25.6 Å². The van der Waals surface area contributed by atoms with E-state index in [1.807, 2.05) is 0 Å². The number of phosphoric ester groups is 1. The largest absolute Gasteiger partial charge is 0.472 e. The van der Waals surface area contributed by atoms with Gasteiger partial charge < -0.3 is 47.1 Å². The van der Waals surface area contributed by atoms with E-state index in [4.69, 9.17) is 35.7 Å². The van der Waals surface area contributed by atoms with E-state index < -0.39 is 63.6 Å². The third-order valence-corrected chi connectivity index (χ3v) is 8.77. The van der Waals surface area contributed by atoms with Crippen LogP contribution in [-0.2, 0) is 23.1 Å². The highest BCUT2D eigenvalue weighted by Crippen LogP contribution is 2.49. The normalized spacial score (nSPS) is 25.6. The Morgan fingerprint density at radius 1 is 1.11 bits per heavy atom. The van der Waals surface area contributed by atoms with Gasteiger partial charge in [-0.2, -0.15) is 4.98 Å². The van der Waals surface area contributed by atoms with E-state index in [2.05, 4.69) is 30.2 Å². The molecule has 0 aliphatic carbocycles. The molecule has 0 spiro atoms. The van der Waals surface area contributed by atoms with E-state index in [-0.39, 0.29) is 24.6 Å². The fourth-order valence-electron chi connectivity index (χ4n) is 5.38. The molecule has 5 heterocycles. The fourth-order valence-corrected chi connectivity index (χ4v) is 6.34. The number of phosphoric acid groups is 1. The fraction of sp³-hybridized carbons (Fsp3) is 0.615. The van der Waals surface area contributed by atoms with Crippen molar-refractivity contribution in [2.75, 3.05) is 37.4 Å². The lowest BCUT2D eigenvalue weighted by atomic mass is 10.2. The first-order chi connectivity index (χ1) is 22.5. The zero-order chi connectivity index (χ0) is 33.6. The minimum atomic E-state index is -4.73. The quantitative estimate of drug-likeness (QED) is 0.0427. The first-order valence-corrected chi connectivity index (χ1v) is 16.6. The zero-order valence-electron chi connectivity index (χ0n) is 25.4. The number of unbranched alkanes of at least 4 members (excludes halogenated alkanes) is 3. The Morgan fingerprint density at radius 2 is 1.87 bits per heavy atom. The highest BCUT2D eigenvalue weighted by atomic mass is 31.2. The molecule has 258 valence electrons. The molecule has 2 aliphatic rings. The van der Waals surface area contributed by atoms with E-state index in [0.717, 1.165) is 25.7 Å². The van der Waals surface area contributed by atoms with Crippen molar-refractivity contribution in [3.05, 3.63) is 35.4 Å². The lowest BCUT2D eigenvalue weighted by Gasteiger charge is -2.21. The Balaban J connectivity index is 1.10. The highest BCUT2D eigenvalue weighted by Gasteiger charge is 2.43. The predicted molar refractivity (Wildman–Crippen MR) is 167 cm³/mol. The van der Waals surface area contributed by atoms with Crippen molar-refractivity contribution in [1.82, 2.24) is 29.1 Å². The SMILES string of the molecule is NC(N)=NCCCCCCNc1ccn(C2CC(OP(=O)(O)OCC3OC(n4cnc5c(N)ncnc54)CC3O)C(CO)O2)c(=O)n1. The molecule has 0 radical (unpaired) electrons. The number of hydrogen-bond acceptors (Lipinski definition) is 15. The van der Waals surface area contributed by atoms with Gasteiger partial charge in [0.15, 0.2) is 17.4 Å². The van der Waals surface area contributed by atoms with Gasteiger partial charge in [0.2, 0.25) is 0 Å². The maximum atomic E-state index is 12.9. The van der Waals surface area contributed by atoms with Crippen LogP contribution in [0.2, 0.25) is 0 Å². The van der Waals surface area contributed by atoms with E-state index in [0.29, 0.717) is 30.1 Å². The lowest BCUT2D eigenvalue weighted by molar-refractivity contribution is -0.0564. The zero-order valence-corrected chi connectivity index (χ0v) is 26.3. The second kappa shape index (κ2) is 15.4. The molecule has 21 heteroatoms. The van der Waals surface area contributed by atoms with Crippen LogP contribution in [0.25, 0.3) is 11.2 Å². The molecule has 7 atom stereocenters. The number of aromatic nitrogens is 6. The number of nitrogens with one attached hydrogen (secondary N) is 1. The van der Waals surface area contributed by atoms with Gasteiger partial charge in [-0.15, -0.1) is 0 Å². The van der Waals surface area contributed by atoms with Gasteiger partial charge in [0.25, 0.3) is 0 Å². The van der Waals surface area contributed by atoms with Crippen molar-refractivity contribution in [1.29, 1.82) is 0 Å². The van der Waals surface area contributed by atoms with Crippen LogP contribution in [0.4, 0.5) is 11.6 Å². The number of fused-ring (bicyclic) bond motifs is 1. The lowest BCUT2D eigenvalue weighted by Crippen LogP contribution is -2.29. The Morgan fingerprint density at radius 3 is 2.64 bits per heavy atom. The average molecular weight is 682 g/mol. The Labute approximate surface area is 268 Å². The van der Waals surface area contributed by atoms with Crippen LogP contribution in [0.5, 0.6) is 0 Å². The number of hydrogen-bond donors (Lipinski definition) is 7. The van der Waals surface area contributed by atoms with E-state index in [1.54, 1.807) is 10.6 Å². The van der Waals surface area contributed by atoms with Gasteiger partial charge in [0, 0.05) is 32.1 Å². The number of aliphatic hydroxyl groups is 2. The van der Waals surface area contributed by atoms with Gasteiger partial charge in [-0.25, -0.2) is 24.3 Å². The molecule has 47 heavy (non-hydrogen) atoms. The standard InChI is InChI=1S/C26H40N11O9P/c27-23-22-24(33-13-32-23)37(14-34-22)20-9-15(39)18(45-20)12-43-47(41,42)46-16-10-21(44-17(16)11-38)36-8-5-19(35-26(36)40)30-6-3-1-2-4-7-31-25(28)29/h5,8,13-18,20-21,38-39H,1-4,6-7,9-12H2,(H,41,42)(H2,27,32,33)(H4,28,29,31)(H,30,35,40). The minimum absolute atomic E-state index is 0.0450. The second-order valence-electron chi connectivity index (χ2n) is 11.1. The minimum Gasteiger partial charge on any atom is -0.394 e. The molecule has 10 N–H and O–H groups in total. The van der Waals surface area contributed by atoms with Crippen molar-refractivity contribution in [2.24, 2.45) is 16.5 Å². The third-order valence-electron chi connectivity index (χ3n) is 7.76. The molecule has 2 saturated heterocycles. The summed E-state index contributed by atoms with van der Waals surface area (Å²) in [6.45, 7) is 0.171. The van der Waals surface area contributed by atoms with Crippen LogP contribution >= 0.6 is 7.82 Å². The summed E-state index contributed by atoms with van der Waals surface area (Å²) in [5.74, 6) is 0.663. The van der Waals surface area contributed by atoms with Crippen LogP contribution in [0.15, 0.2) is 34.7 Å². The van der Waals surface area contributed by atoms with Gasteiger partial charge >= 0.3 is 13.5 Å². The van der Waals surface area contributed by atoms with Crippen molar-refractivity contribution >= 4 is 36.6 Å². The van der Waals surface area contributed by atoms with Crippen LogP contribution < -0.4 is 28.2 Å². The Hall–Kier alpha value is -3.75. The van der Waals surface area contributed by atoms with Gasteiger partial charge in [-0.3, -0.25) is 23.2 Å². The molecule has 20 nitrogen and oxygen atoms in total. The van der Waals surface area contributed by atoms with Crippen molar-refractivity contribution < 1.29 is 38.2 Å². The first-order valence-electron chi connectivity index (χ1n) is 15.1. The second-order valence-corrected chi connectivity index (χ2v) is 12.5. The molecule has 7 unspecified atom stereocenters. The maximum Gasteiger partial charge on any atom is 0.472 e. The Kier molecular flexibility index (Phi) is 11.4. The smallest absolute Gasteiger partial charge is 0.394 e. The van der Waals surface area contributed by atoms with Crippen LogP contribution in [0.1, 0.15) is 51.0 Å². The number of imidazole rings is 1. The number of nitrogens with zero attached hydrogens (tertiary/aromatic N) is 7. The summed E-state index contributed by atoms with van der Waals surface area (Å²) < 4.78 is 37.8. The molecule has 0 bridgehead atoms. The molecular weight excluding hydrogens is 641 g/mol.